The first-order valence-corrected chi connectivity index (χ1v) is 9.51. The van der Waals surface area contributed by atoms with Crippen molar-refractivity contribution in [3.63, 3.8) is 0 Å². The molecule has 0 saturated heterocycles. The summed E-state index contributed by atoms with van der Waals surface area (Å²) >= 11 is 1.43. The maximum Gasteiger partial charge on any atom is 0.268 e. The van der Waals surface area contributed by atoms with E-state index in [-0.39, 0.29) is 24.1 Å². The molecule has 1 aliphatic rings. The van der Waals surface area contributed by atoms with Crippen LogP contribution in [0.1, 0.15) is 20.8 Å². The van der Waals surface area contributed by atoms with Crippen molar-refractivity contribution in [1.29, 1.82) is 0 Å². The number of hydrogen-bond donors (Lipinski definition) is 1. The number of hydrogen-bond acceptors (Lipinski definition) is 3. The first kappa shape index (κ1) is 17.4. The lowest BCUT2D eigenvalue weighted by atomic mass is 10.1. The fraction of sp³-hybridized carbons (Fsp3) is 0.143. The summed E-state index contributed by atoms with van der Waals surface area (Å²) in [7, 11) is 0. The summed E-state index contributed by atoms with van der Waals surface area (Å²) in [6.07, 6.45) is 0.939. The molecule has 4 rings (SSSR count). The van der Waals surface area contributed by atoms with Gasteiger partial charge in [-0.15, -0.1) is 11.3 Å². The number of carbonyl (C=O) groups is 2. The van der Waals surface area contributed by atoms with Crippen LogP contribution < -0.4 is 10.2 Å². The van der Waals surface area contributed by atoms with E-state index in [1.807, 2.05) is 29.6 Å². The predicted molar refractivity (Wildman–Crippen MR) is 105 cm³/mol. The van der Waals surface area contributed by atoms with Crippen molar-refractivity contribution in [2.24, 2.45) is 0 Å². The molecule has 1 aromatic heterocycles. The Kier molecular flexibility index (Phi) is 4.73. The Labute approximate surface area is 160 Å². The zero-order valence-electron chi connectivity index (χ0n) is 14.4. The van der Waals surface area contributed by atoms with Gasteiger partial charge in [-0.25, -0.2) is 4.39 Å². The number of nitrogens with zero attached hydrogens (tertiary/aromatic N) is 1. The lowest BCUT2D eigenvalue weighted by Gasteiger charge is -2.16. The number of anilines is 2. The third kappa shape index (κ3) is 3.75. The molecule has 0 bridgehead atoms. The maximum atomic E-state index is 12.9. The second-order valence-corrected chi connectivity index (χ2v) is 7.33. The van der Waals surface area contributed by atoms with E-state index in [0.29, 0.717) is 12.2 Å². The number of amides is 2. The van der Waals surface area contributed by atoms with E-state index in [1.54, 1.807) is 23.1 Å². The number of carbonyl (C=O) groups excluding carboxylic acids is 2. The highest BCUT2D eigenvalue weighted by Crippen LogP contribution is 2.32. The SMILES string of the molecule is O=C(Cc1ccc(F)cc1)Nc1ccc2c(c1)CCN2C(=O)c1cccs1. The smallest absolute Gasteiger partial charge is 0.268 e. The van der Waals surface area contributed by atoms with E-state index in [1.165, 1.54) is 23.5 Å². The van der Waals surface area contributed by atoms with Crippen molar-refractivity contribution >= 4 is 34.5 Å². The van der Waals surface area contributed by atoms with Gasteiger partial charge in [0.1, 0.15) is 5.82 Å². The van der Waals surface area contributed by atoms with Crippen LogP contribution in [0.2, 0.25) is 0 Å². The molecule has 0 saturated carbocycles. The summed E-state index contributed by atoms with van der Waals surface area (Å²) in [5.74, 6) is -0.470. The summed E-state index contributed by atoms with van der Waals surface area (Å²) in [5.41, 5.74) is 3.39. The molecule has 6 heteroatoms. The average Bonchev–Trinajstić information content (AvgIpc) is 3.32. The zero-order chi connectivity index (χ0) is 18.8. The summed E-state index contributed by atoms with van der Waals surface area (Å²) in [5, 5.41) is 4.77. The van der Waals surface area contributed by atoms with Gasteiger partial charge in [-0.1, -0.05) is 18.2 Å². The van der Waals surface area contributed by atoms with Crippen molar-refractivity contribution in [2.75, 3.05) is 16.8 Å². The molecule has 136 valence electrons. The molecule has 4 nitrogen and oxygen atoms in total. The largest absolute Gasteiger partial charge is 0.326 e. The van der Waals surface area contributed by atoms with Crippen LogP contribution in [-0.4, -0.2) is 18.4 Å². The number of rotatable bonds is 4. The normalized spacial score (nSPS) is 12.7. The number of nitrogens with one attached hydrogen (secondary N) is 1. The Morgan fingerprint density at radius 1 is 1.11 bits per heavy atom. The van der Waals surface area contributed by atoms with Crippen LogP contribution in [0, 0.1) is 5.82 Å². The molecule has 1 N–H and O–H groups in total. The molecular weight excluding hydrogens is 363 g/mol. The van der Waals surface area contributed by atoms with Crippen molar-refractivity contribution in [2.45, 2.75) is 12.8 Å². The average molecular weight is 380 g/mol. The molecule has 2 heterocycles. The fourth-order valence-corrected chi connectivity index (χ4v) is 3.89. The zero-order valence-corrected chi connectivity index (χ0v) is 15.3. The van der Waals surface area contributed by atoms with Gasteiger partial charge in [-0.3, -0.25) is 9.59 Å². The van der Waals surface area contributed by atoms with Crippen LogP contribution in [-0.2, 0) is 17.6 Å². The Bertz CT molecular complexity index is 984. The molecule has 0 atom stereocenters. The van der Waals surface area contributed by atoms with E-state index in [4.69, 9.17) is 0 Å². The van der Waals surface area contributed by atoms with Crippen LogP contribution in [0.3, 0.4) is 0 Å². The van der Waals surface area contributed by atoms with Gasteiger partial charge in [0.05, 0.1) is 11.3 Å². The van der Waals surface area contributed by atoms with Crippen LogP contribution in [0.25, 0.3) is 0 Å². The second-order valence-electron chi connectivity index (χ2n) is 6.38. The molecule has 2 amide bonds. The van der Waals surface area contributed by atoms with E-state index in [9.17, 15) is 14.0 Å². The van der Waals surface area contributed by atoms with Gasteiger partial charge in [0, 0.05) is 17.9 Å². The second kappa shape index (κ2) is 7.32. The third-order valence-electron chi connectivity index (χ3n) is 4.51. The fourth-order valence-electron chi connectivity index (χ4n) is 3.22. The van der Waals surface area contributed by atoms with Crippen molar-refractivity contribution in [3.05, 3.63) is 81.8 Å². The van der Waals surface area contributed by atoms with Gasteiger partial charge in [0.25, 0.3) is 5.91 Å². The van der Waals surface area contributed by atoms with Crippen LogP contribution in [0.5, 0.6) is 0 Å². The van der Waals surface area contributed by atoms with Gasteiger partial charge >= 0.3 is 0 Å². The highest BCUT2D eigenvalue weighted by atomic mass is 32.1. The molecule has 3 aromatic rings. The number of thiophene rings is 1. The van der Waals surface area contributed by atoms with Gasteiger partial charge in [-0.05, 0) is 59.3 Å². The minimum atomic E-state index is -0.320. The van der Waals surface area contributed by atoms with Gasteiger partial charge in [0.15, 0.2) is 0 Å². The van der Waals surface area contributed by atoms with Crippen molar-refractivity contribution in [3.8, 4) is 0 Å². The summed E-state index contributed by atoms with van der Waals surface area (Å²) in [6.45, 7) is 0.638. The topological polar surface area (TPSA) is 49.4 Å². The third-order valence-corrected chi connectivity index (χ3v) is 5.37. The number of fused-ring (bicyclic) bond motifs is 1. The molecule has 0 fully saturated rings. The number of halogens is 1. The Morgan fingerprint density at radius 2 is 1.93 bits per heavy atom. The summed E-state index contributed by atoms with van der Waals surface area (Å²) in [4.78, 5) is 27.3. The molecule has 0 radical (unpaired) electrons. The first-order chi connectivity index (χ1) is 13.1. The van der Waals surface area contributed by atoms with Gasteiger partial charge < -0.3 is 10.2 Å². The maximum absolute atomic E-state index is 12.9. The molecule has 1 aliphatic heterocycles. The monoisotopic (exact) mass is 380 g/mol. The molecule has 0 spiro atoms. The highest BCUT2D eigenvalue weighted by molar-refractivity contribution is 7.12. The van der Waals surface area contributed by atoms with Crippen molar-refractivity contribution in [1.82, 2.24) is 0 Å². The van der Waals surface area contributed by atoms with Crippen LogP contribution in [0.15, 0.2) is 60.0 Å². The van der Waals surface area contributed by atoms with E-state index < -0.39 is 0 Å². The quantitative estimate of drug-likeness (QED) is 0.735. The Morgan fingerprint density at radius 3 is 2.67 bits per heavy atom. The minimum absolute atomic E-state index is 0.0110. The lowest BCUT2D eigenvalue weighted by molar-refractivity contribution is -0.115. The Hall–Kier alpha value is -2.99. The van der Waals surface area contributed by atoms with Crippen LogP contribution in [0.4, 0.5) is 15.8 Å². The lowest BCUT2D eigenvalue weighted by Crippen LogP contribution is -2.28. The molecule has 2 aromatic carbocycles. The molecule has 0 aliphatic carbocycles. The molecular formula is C21H17FN2O2S. The molecule has 0 unspecified atom stereocenters. The van der Waals surface area contributed by atoms with Gasteiger partial charge in [-0.2, -0.15) is 0 Å². The predicted octanol–water partition coefficient (Wildman–Crippen LogP) is 4.27. The Balaban J connectivity index is 1.45. The molecule has 27 heavy (non-hydrogen) atoms. The minimum Gasteiger partial charge on any atom is -0.326 e. The van der Waals surface area contributed by atoms with E-state index in [2.05, 4.69) is 5.32 Å². The standard InChI is InChI=1S/C21H17FN2O2S/c22-16-5-3-14(4-6-16)12-20(25)23-17-7-8-18-15(13-17)9-10-24(18)21(26)19-2-1-11-27-19/h1-8,11,13H,9-10,12H2,(H,23,25). The first-order valence-electron chi connectivity index (χ1n) is 8.63. The van der Waals surface area contributed by atoms with E-state index >= 15 is 0 Å². The van der Waals surface area contributed by atoms with Crippen LogP contribution >= 0.6 is 11.3 Å². The summed E-state index contributed by atoms with van der Waals surface area (Å²) < 4.78 is 12.9. The van der Waals surface area contributed by atoms with E-state index in [0.717, 1.165) is 28.1 Å². The van der Waals surface area contributed by atoms with Crippen molar-refractivity contribution < 1.29 is 14.0 Å². The number of benzene rings is 2. The van der Waals surface area contributed by atoms with Gasteiger partial charge in [0.2, 0.25) is 5.91 Å². The summed E-state index contributed by atoms with van der Waals surface area (Å²) in [6, 6.07) is 15.2. The highest BCUT2D eigenvalue weighted by Gasteiger charge is 2.26.